The first kappa shape index (κ1) is 13.1. The molecule has 0 N–H and O–H groups in total. The van der Waals surface area contributed by atoms with Gasteiger partial charge >= 0.3 is 108 Å². The molecule has 0 aliphatic carbocycles. The van der Waals surface area contributed by atoms with Crippen LogP contribution in [0.4, 0.5) is 0 Å². The van der Waals surface area contributed by atoms with Crippen molar-refractivity contribution in [3.8, 4) is 0 Å². The van der Waals surface area contributed by atoms with Crippen molar-refractivity contribution < 1.29 is 0 Å². The van der Waals surface area contributed by atoms with Gasteiger partial charge in [0, 0.05) is 0 Å². The van der Waals surface area contributed by atoms with Gasteiger partial charge in [-0.15, -0.1) is 0 Å². The first-order valence-corrected chi connectivity index (χ1v) is 7.17. The third-order valence-electron chi connectivity index (χ3n) is 2.73. The van der Waals surface area contributed by atoms with Crippen molar-refractivity contribution in [2.24, 2.45) is 0 Å². The zero-order valence-corrected chi connectivity index (χ0v) is 14.1. The Morgan fingerprint density at radius 3 is 1.80 bits per heavy atom. The SMILES string of the molecule is CC(C)(C)c1cc[c]([SnH])c(C(C)(C)C)c1. The molecule has 0 bridgehead atoms. The predicted molar refractivity (Wildman–Crippen MR) is 70.6 cm³/mol. The second-order valence-electron chi connectivity index (χ2n) is 6.30. The summed E-state index contributed by atoms with van der Waals surface area (Å²) in [4.78, 5) is 0. The van der Waals surface area contributed by atoms with E-state index in [0.717, 1.165) is 0 Å². The van der Waals surface area contributed by atoms with Crippen LogP contribution < -0.4 is 3.58 Å². The molecule has 1 rings (SSSR count). The van der Waals surface area contributed by atoms with Crippen LogP contribution in [-0.4, -0.2) is 22.5 Å². The number of hydrogen-bond donors (Lipinski definition) is 0. The van der Waals surface area contributed by atoms with E-state index in [-0.39, 0.29) is 10.8 Å². The van der Waals surface area contributed by atoms with Crippen LogP contribution >= 0.6 is 0 Å². The van der Waals surface area contributed by atoms with Gasteiger partial charge in [-0.1, -0.05) is 0 Å². The molecular formula is C14H22Sn. The first-order chi connectivity index (χ1) is 6.62. The van der Waals surface area contributed by atoms with Crippen LogP contribution in [0.1, 0.15) is 52.7 Å². The van der Waals surface area contributed by atoms with Gasteiger partial charge in [-0.25, -0.2) is 0 Å². The fourth-order valence-electron chi connectivity index (χ4n) is 1.67. The maximum absolute atomic E-state index is 2.40. The molecule has 2 radical (unpaired) electrons. The van der Waals surface area contributed by atoms with Gasteiger partial charge in [0.2, 0.25) is 0 Å². The van der Waals surface area contributed by atoms with Gasteiger partial charge in [0.15, 0.2) is 0 Å². The molecule has 0 saturated carbocycles. The Kier molecular flexibility index (Phi) is 3.59. The second-order valence-corrected chi connectivity index (χ2v) is 8.08. The monoisotopic (exact) mass is 310 g/mol. The predicted octanol–water partition coefficient (Wildman–Crippen LogP) is 2.81. The van der Waals surface area contributed by atoms with Crippen LogP contribution in [0.15, 0.2) is 18.2 Å². The molecule has 0 fully saturated rings. The van der Waals surface area contributed by atoms with Crippen molar-refractivity contribution in [2.45, 2.75) is 52.4 Å². The van der Waals surface area contributed by atoms with Gasteiger partial charge in [-0.2, -0.15) is 0 Å². The van der Waals surface area contributed by atoms with E-state index >= 15 is 0 Å². The zero-order chi connectivity index (χ0) is 11.9. The maximum atomic E-state index is 2.40. The van der Waals surface area contributed by atoms with Crippen molar-refractivity contribution in [2.75, 3.05) is 0 Å². The van der Waals surface area contributed by atoms with Gasteiger partial charge in [-0.05, 0) is 0 Å². The topological polar surface area (TPSA) is 0 Å². The molecule has 0 aromatic heterocycles. The molecular weight excluding hydrogens is 287 g/mol. The van der Waals surface area contributed by atoms with Crippen molar-refractivity contribution in [1.82, 2.24) is 0 Å². The molecule has 15 heavy (non-hydrogen) atoms. The Bertz CT molecular complexity index is 351. The third-order valence-corrected chi connectivity index (χ3v) is 4.16. The van der Waals surface area contributed by atoms with Gasteiger partial charge in [-0.3, -0.25) is 0 Å². The van der Waals surface area contributed by atoms with Gasteiger partial charge in [0.1, 0.15) is 0 Å². The Hall–Kier alpha value is 0.0187. The molecule has 0 nitrogen and oxygen atoms in total. The molecule has 1 aromatic rings. The van der Waals surface area contributed by atoms with Crippen molar-refractivity contribution in [3.05, 3.63) is 29.3 Å². The van der Waals surface area contributed by atoms with E-state index in [9.17, 15) is 0 Å². The second kappa shape index (κ2) is 4.12. The van der Waals surface area contributed by atoms with E-state index in [4.69, 9.17) is 0 Å². The molecule has 0 spiro atoms. The van der Waals surface area contributed by atoms with Gasteiger partial charge in [0.05, 0.1) is 0 Å². The van der Waals surface area contributed by atoms with Crippen LogP contribution in [-0.2, 0) is 10.8 Å². The van der Waals surface area contributed by atoms with E-state index in [0.29, 0.717) is 0 Å². The average molecular weight is 309 g/mol. The first-order valence-electron chi connectivity index (χ1n) is 5.53. The summed E-state index contributed by atoms with van der Waals surface area (Å²) in [7, 11) is 0. The molecule has 82 valence electrons. The Morgan fingerprint density at radius 2 is 1.40 bits per heavy atom. The quantitative estimate of drug-likeness (QED) is 0.647. The molecule has 0 aliphatic rings. The fraction of sp³-hybridized carbons (Fsp3) is 0.571. The van der Waals surface area contributed by atoms with E-state index in [2.05, 4.69) is 59.7 Å². The Balaban J connectivity index is 3.30. The van der Waals surface area contributed by atoms with E-state index in [1.807, 2.05) is 0 Å². The summed E-state index contributed by atoms with van der Waals surface area (Å²) in [5.41, 5.74) is 3.51. The van der Waals surface area contributed by atoms with Crippen molar-refractivity contribution >= 4 is 26.1 Å². The van der Waals surface area contributed by atoms with E-state index in [1.54, 1.807) is 0 Å². The van der Waals surface area contributed by atoms with Crippen LogP contribution in [0.3, 0.4) is 0 Å². The van der Waals surface area contributed by atoms with Crippen LogP contribution in [0, 0.1) is 0 Å². The average Bonchev–Trinajstić information content (AvgIpc) is 2.00. The summed E-state index contributed by atoms with van der Waals surface area (Å²) in [5, 5.41) is 0. The van der Waals surface area contributed by atoms with E-state index < -0.39 is 0 Å². The summed E-state index contributed by atoms with van der Waals surface area (Å²) in [6, 6.07) is 7.00. The number of rotatable bonds is 0. The molecule has 0 heterocycles. The summed E-state index contributed by atoms with van der Waals surface area (Å²) in [5.74, 6) is 0. The Morgan fingerprint density at radius 1 is 0.867 bits per heavy atom. The summed E-state index contributed by atoms with van der Waals surface area (Å²) in [6.45, 7) is 13.7. The molecule has 0 atom stereocenters. The van der Waals surface area contributed by atoms with Gasteiger partial charge < -0.3 is 0 Å². The minimum atomic E-state index is 0.258. The molecule has 0 aliphatic heterocycles. The van der Waals surface area contributed by atoms with Crippen LogP contribution in [0.2, 0.25) is 0 Å². The fourth-order valence-corrected chi connectivity index (χ4v) is 3.42. The van der Waals surface area contributed by atoms with Gasteiger partial charge in [0.25, 0.3) is 0 Å². The van der Waals surface area contributed by atoms with Crippen LogP contribution in [0.5, 0.6) is 0 Å². The molecule has 0 unspecified atom stereocenters. The Labute approximate surface area is 108 Å². The summed E-state index contributed by atoms with van der Waals surface area (Å²) >= 11 is 1.21. The summed E-state index contributed by atoms with van der Waals surface area (Å²) < 4.78 is 1.53. The summed E-state index contributed by atoms with van der Waals surface area (Å²) in [6.07, 6.45) is 0. The standard InChI is InChI=1S/C14H21.Sn.H/c1-13(2,3)11-8-7-9-12(10-11)14(4,5)6;;/h7-8,10H,1-6H3;;. The van der Waals surface area contributed by atoms with Crippen molar-refractivity contribution in [3.63, 3.8) is 0 Å². The number of hydrogen-bond acceptors (Lipinski definition) is 0. The molecule has 0 amide bonds. The third kappa shape index (κ3) is 3.24. The van der Waals surface area contributed by atoms with Crippen LogP contribution in [0.25, 0.3) is 0 Å². The van der Waals surface area contributed by atoms with E-state index in [1.165, 1.54) is 37.2 Å². The van der Waals surface area contributed by atoms with Crippen molar-refractivity contribution in [1.29, 1.82) is 0 Å². The normalized spacial score (nSPS) is 13.0. The molecule has 1 heteroatoms. The minimum absolute atomic E-state index is 0.258. The number of benzene rings is 1. The molecule has 1 aromatic carbocycles. The zero-order valence-electron chi connectivity index (χ0n) is 10.8. The molecule has 0 saturated heterocycles.